The van der Waals surface area contributed by atoms with Crippen molar-refractivity contribution >= 4 is 11.9 Å². The molecular weight excluding hydrogens is 380 g/mol. The lowest BCUT2D eigenvalue weighted by molar-refractivity contribution is -0.121. The topological polar surface area (TPSA) is 102 Å². The van der Waals surface area contributed by atoms with Crippen molar-refractivity contribution in [3.8, 4) is 11.4 Å². The molecular formula is C22H28N6O2. The predicted octanol–water partition coefficient (Wildman–Crippen LogP) is 2.70. The average Bonchev–Trinajstić information content (AvgIpc) is 3.14. The van der Waals surface area contributed by atoms with Crippen LogP contribution in [0.3, 0.4) is 0 Å². The number of imide groups is 1. The first-order chi connectivity index (χ1) is 14.5. The van der Waals surface area contributed by atoms with Crippen LogP contribution in [-0.4, -0.2) is 37.7 Å². The van der Waals surface area contributed by atoms with Gasteiger partial charge in [-0.2, -0.15) is 4.80 Å². The third-order valence-electron chi connectivity index (χ3n) is 7.03. The van der Waals surface area contributed by atoms with Crippen LogP contribution in [0.15, 0.2) is 24.3 Å². The van der Waals surface area contributed by atoms with Crippen LogP contribution in [0.1, 0.15) is 51.0 Å². The van der Waals surface area contributed by atoms with Gasteiger partial charge in [-0.15, -0.1) is 10.2 Å². The monoisotopic (exact) mass is 408 g/mol. The normalized spacial score (nSPS) is 29.0. The van der Waals surface area contributed by atoms with Gasteiger partial charge in [0.1, 0.15) is 6.54 Å². The van der Waals surface area contributed by atoms with Crippen molar-refractivity contribution in [2.24, 2.45) is 17.8 Å². The Morgan fingerprint density at radius 2 is 1.70 bits per heavy atom. The summed E-state index contributed by atoms with van der Waals surface area (Å²) in [4.78, 5) is 26.1. The van der Waals surface area contributed by atoms with Crippen molar-refractivity contribution in [1.29, 1.82) is 0 Å². The summed E-state index contributed by atoms with van der Waals surface area (Å²) >= 11 is 0. The Kier molecular flexibility index (Phi) is 4.79. The van der Waals surface area contributed by atoms with Gasteiger partial charge in [-0.05, 0) is 73.5 Å². The van der Waals surface area contributed by atoms with E-state index in [2.05, 4.69) is 33.0 Å². The second-order valence-electron chi connectivity index (χ2n) is 9.39. The average molecular weight is 409 g/mol. The molecule has 8 nitrogen and oxygen atoms in total. The third kappa shape index (κ3) is 3.82. The number of carbonyl (C=O) groups excluding carboxylic acids is 2. The number of benzene rings is 1. The lowest BCUT2D eigenvalue weighted by Gasteiger charge is -2.56. The molecule has 0 atom stereocenters. The number of nitrogens with one attached hydrogen (secondary N) is 2. The molecule has 0 radical (unpaired) electrons. The molecule has 1 aromatic heterocycles. The Morgan fingerprint density at radius 3 is 2.30 bits per heavy atom. The van der Waals surface area contributed by atoms with E-state index in [0.717, 1.165) is 49.0 Å². The first-order valence-corrected chi connectivity index (χ1v) is 11.0. The molecule has 0 spiro atoms. The van der Waals surface area contributed by atoms with Gasteiger partial charge in [0, 0.05) is 11.1 Å². The second kappa shape index (κ2) is 7.49. The van der Waals surface area contributed by atoms with Gasteiger partial charge >= 0.3 is 6.03 Å². The van der Waals surface area contributed by atoms with Gasteiger partial charge in [-0.3, -0.25) is 10.1 Å². The zero-order valence-corrected chi connectivity index (χ0v) is 17.3. The fraction of sp³-hybridized carbons (Fsp3) is 0.591. The molecule has 8 heteroatoms. The molecule has 2 aromatic rings. The van der Waals surface area contributed by atoms with Gasteiger partial charge in [-0.25, -0.2) is 4.79 Å². The fourth-order valence-corrected chi connectivity index (χ4v) is 6.15. The van der Waals surface area contributed by atoms with Crippen molar-refractivity contribution < 1.29 is 9.59 Å². The van der Waals surface area contributed by atoms with E-state index in [1.54, 1.807) is 0 Å². The van der Waals surface area contributed by atoms with E-state index in [1.807, 2.05) is 24.3 Å². The number of amides is 3. The van der Waals surface area contributed by atoms with Crippen molar-refractivity contribution in [3.63, 3.8) is 0 Å². The summed E-state index contributed by atoms with van der Waals surface area (Å²) in [5.41, 5.74) is 1.96. The number of aryl methyl sites for hydroxylation is 1. The number of urea groups is 1. The van der Waals surface area contributed by atoms with Gasteiger partial charge < -0.3 is 5.32 Å². The molecule has 1 heterocycles. The van der Waals surface area contributed by atoms with E-state index in [0.29, 0.717) is 5.82 Å². The fourth-order valence-electron chi connectivity index (χ4n) is 6.15. The van der Waals surface area contributed by atoms with E-state index >= 15 is 0 Å². The lowest BCUT2D eigenvalue weighted by Crippen LogP contribution is -2.62. The van der Waals surface area contributed by atoms with E-state index in [4.69, 9.17) is 0 Å². The SMILES string of the molecule is CCc1ccc(-c2nnn(CC(=O)NC(=O)NC34CC5CC(CC(C5)C3)C4)n2)cc1. The number of hydrogen-bond acceptors (Lipinski definition) is 5. The highest BCUT2D eigenvalue weighted by Crippen LogP contribution is 2.55. The molecule has 158 valence electrons. The third-order valence-corrected chi connectivity index (χ3v) is 7.03. The van der Waals surface area contributed by atoms with Gasteiger partial charge in [0.25, 0.3) is 5.91 Å². The van der Waals surface area contributed by atoms with Crippen molar-refractivity contribution in [2.45, 2.75) is 64.0 Å². The molecule has 0 aliphatic heterocycles. The molecule has 1 aromatic carbocycles. The Labute approximate surface area is 175 Å². The maximum Gasteiger partial charge on any atom is 0.321 e. The van der Waals surface area contributed by atoms with Crippen LogP contribution >= 0.6 is 0 Å². The summed E-state index contributed by atoms with van der Waals surface area (Å²) in [5.74, 6) is 2.22. The number of rotatable bonds is 5. The van der Waals surface area contributed by atoms with Crippen molar-refractivity contribution in [3.05, 3.63) is 29.8 Å². The lowest BCUT2D eigenvalue weighted by atomic mass is 9.53. The Balaban J connectivity index is 1.16. The van der Waals surface area contributed by atoms with Gasteiger partial charge in [-0.1, -0.05) is 31.2 Å². The van der Waals surface area contributed by atoms with Crippen LogP contribution in [0.4, 0.5) is 4.79 Å². The van der Waals surface area contributed by atoms with E-state index in [1.165, 1.54) is 29.6 Å². The summed E-state index contributed by atoms with van der Waals surface area (Å²) in [6.45, 7) is 1.95. The van der Waals surface area contributed by atoms with Crippen molar-refractivity contribution in [2.75, 3.05) is 0 Å². The number of hydrogen-bond donors (Lipinski definition) is 2. The molecule has 2 N–H and O–H groups in total. The van der Waals surface area contributed by atoms with Crippen LogP contribution in [0.25, 0.3) is 11.4 Å². The van der Waals surface area contributed by atoms with Crippen LogP contribution < -0.4 is 10.6 Å². The zero-order chi connectivity index (χ0) is 20.7. The smallest absolute Gasteiger partial charge is 0.321 e. The molecule has 4 aliphatic carbocycles. The summed E-state index contributed by atoms with van der Waals surface area (Å²) in [6, 6.07) is 7.53. The Hall–Kier alpha value is -2.77. The van der Waals surface area contributed by atoms with E-state index < -0.39 is 11.9 Å². The highest BCUT2D eigenvalue weighted by molar-refractivity contribution is 5.94. The quantitative estimate of drug-likeness (QED) is 0.792. The summed E-state index contributed by atoms with van der Waals surface area (Å²) in [5, 5.41) is 17.8. The highest BCUT2D eigenvalue weighted by Gasteiger charge is 2.51. The maximum atomic E-state index is 12.5. The minimum absolute atomic E-state index is 0.123. The second-order valence-corrected chi connectivity index (χ2v) is 9.39. The number of tetrazole rings is 1. The van der Waals surface area contributed by atoms with Crippen LogP contribution in [0.2, 0.25) is 0 Å². The van der Waals surface area contributed by atoms with Gasteiger partial charge in [0.2, 0.25) is 5.82 Å². The molecule has 4 saturated carbocycles. The highest BCUT2D eigenvalue weighted by atomic mass is 16.2. The minimum Gasteiger partial charge on any atom is -0.332 e. The van der Waals surface area contributed by atoms with Crippen molar-refractivity contribution in [1.82, 2.24) is 30.8 Å². The largest absolute Gasteiger partial charge is 0.332 e. The van der Waals surface area contributed by atoms with Gasteiger partial charge in [0.05, 0.1) is 0 Å². The predicted molar refractivity (Wildman–Crippen MR) is 110 cm³/mol. The molecule has 4 bridgehead atoms. The Bertz CT molecular complexity index is 916. The van der Waals surface area contributed by atoms with Crippen LogP contribution in [0.5, 0.6) is 0 Å². The molecule has 30 heavy (non-hydrogen) atoms. The molecule has 0 unspecified atom stereocenters. The summed E-state index contributed by atoms with van der Waals surface area (Å²) in [7, 11) is 0. The summed E-state index contributed by atoms with van der Waals surface area (Å²) in [6.07, 6.45) is 8.03. The maximum absolute atomic E-state index is 12.5. The Morgan fingerprint density at radius 1 is 1.07 bits per heavy atom. The zero-order valence-electron chi connectivity index (χ0n) is 17.3. The van der Waals surface area contributed by atoms with E-state index in [9.17, 15) is 9.59 Å². The molecule has 4 aliphatic rings. The molecule has 6 rings (SSSR count). The number of carbonyl (C=O) groups is 2. The molecule has 0 saturated heterocycles. The number of aromatic nitrogens is 4. The standard InChI is InChI=1S/C22H28N6O2/c1-2-14-3-5-18(6-4-14)20-25-27-28(26-20)13-19(29)23-21(30)24-22-10-15-7-16(11-22)9-17(8-15)12-22/h3-6,15-17H,2,7-13H2,1H3,(H2,23,24,29,30). The number of nitrogens with zero attached hydrogens (tertiary/aromatic N) is 4. The van der Waals surface area contributed by atoms with Crippen LogP contribution in [-0.2, 0) is 17.8 Å². The first kappa shape index (κ1) is 19.2. The minimum atomic E-state index is -0.442. The van der Waals surface area contributed by atoms with Crippen LogP contribution in [0, 0.1) is 17.8 Å². The van der Waals surface area contributed by atoms with Gasteiger partial charge in [0.15, 0.2) is 0 Å². The molecule has 3 amide bonds. The summed E-state index contributed by atoms with van der Waals surface area (Å²) < 4.78 is 0. The molecule has 4 fully saturated rings. The first-order valence-electron chi connectivity index (χ1n) is 11.0. The van der Waals surface area contributed by atoms with E-state index in [-0.39, 0.29) is 12.1 Å².